The fraction of sp³-hybridized carbons (Fsp3) is 0.0333. The molecule has 131 heavy (non-hydrogen) atoms. The molecule has 0 unspecified atom stereocenters. The van der Waals surface area contributed by atoms with Gasteiger partial charge in [0.2, 0.25) is 0 Å². The molecule has 0 fully saturated rings. The minimum Gasteiger partial charge on any atom is -0.508 e. The lowest BCUT2D eigenvalue weighted by Crippen LogP contribution is -2.66. The second-order valence-electron chi connectivity index (χ2n) is 35.5. The molecule has 612 valence electrons. The summed E-state index contributed by atoms with van der Waals surface area (Å²) in [6, 6.07) is 153. The van der Waals surface area contributed by atoms with Crippen LogP contribution in [0.2, 0.25) is 0 Å². The number of phenols is 1. The SMILES string of the molecule is CC(C)(C)c1cc2c3c(c1)N(c1c(-c4ccccc4)cc(C#N)cc1-c1ccccc1)c1c(c4c5c(c1-c1ccccc1)Oc1ccc(-c6ccccc6)cc1B5c1cc(-c5ccccc5)ccc1O4)B3c1c3c(cc(-c4ccccc4)c1N2c1c(-c2ccccc2)cc(C#N)cc1-c1ccccc1)B(c1cc(-c2ccccc2)ccc1O)c1cc(-c2ccccc2)ccc1O3. The summed E-state index contributed by atoms with van der Waals surface area (Å²) in [6.45, 7) is 4.75. The van der Waals surface area contributed by atoms with Crippen LogP contribution in [0.15, 0.2) is 419 Å². The zero-order chi connectivity index (χ0) is 87.7. The van der Waals surface area contributed by atoms with E-state index >= 15 is 0 Å². The molecule has 19 aromatic carbocycles. The second-order valence-corrected chi connectivity index (χ2v) is 35.5. The largest absolute Gasteiger partial charge is 0.508 e. The Bertz CT molecular complexity index is 7710. The molecular formula is C120H79B3N4O4. The number of nitrogens with zero attached hydrogens (tertiary/aromatic N) is 4. The van der Waals surface area contributed by atoms with Crippen molar-refractivity contribution in [3.8, 4) is 164 Å². The van der Waals surface area contributed by atoms with Gasteiger partial charge in [-0.2, -0.15) is 10.5 Å². The molecule has 0 saturated heterocycles. The molecule has 0 atom stereocenters. The molecule has 0 aromatic heterocycles. The van der Waals surface area contributed by atoms with Crippen LogP contribution in [0.5, 0.6) is 40.2 Å². The smallest absolute Gasteiger partial charge is 0.261 e. The number of hydrogen-bond donors (Lipinski definition) is 1. The summed E-state index contributed by atoms with van der Waals surface area (Å²) in [7, 11) is 0. The van der Waals surface area contributed by atoms with Gasteiger partial charge >= 0.3 is 0 Å². The first kappa shape index (κ1) is 77.7. The van der Waals surface area contributed by atoms with Crippen molar-refractivity contribution in [2.24, 2.45) is 0 Å². The van der Waals surface area contributed by atoms with Crippen LogP contribution < -0.4 is 73.2 Å². The second kappa shape index (κ2) is 31.3. The van der Waals surface area contributed by atoms with Crippen molar-refractivity contribution in [1.29, 1.82) is 10.5 Å². The van der Waals surface area contributed by atoms with E-state index in [1.165, 1.54) is 0 Å². The average molecular weight is 1670 g/mol. The number of ether oxygens (including phenoxy) is 3. The maximum Gasteiger partial charge on any atom is 0.261 e. The van der Waals surface area contributed by atoms with E-state index < -0.39 is 25.6 Å². The van der Waals surface area contributed by atoms with Crippen molar-refractivity contribution < 1.29 is 19.3 Å². The molecule has 1 N–H and O–H groups in total. The lowest BCUT2D eigenvalue weighted by atomic mass is 9.28. The van der Waals surface area contributed by atoms with Gasteiger partial charge in [-0.15, -0.1) is 0 Å². The Morgan fingerprint density at radius 1 is 0.252 bits per heavy atom. The van der Waals surface area contributed by atoms with Gasteiger partial charge in [-0.05, 0) is 193 Å². The van der Waals surface area contributed by atoms with Gasteiger partial charge in [0.25, 0.3) is 20.1 Å². The van der Waals surface area contributed by atoms with Gasteiger partial charge in [0.05, 0.1) is 46.0 Å². The predicted octanol–water partition coefficient (Wildman–Crippen LogP) is 24.5. The number of nitriles is 2. The minimum absolute atomic E-state index is 0.122. The molecule has 5 aliphatic heterocycles. The van der Waals surface area contributed by atoms with Gasteiger partial charge in [0, 0.05) is 50.2 Å². The van der Waals surface area contributed by atoms with Crippen LogP contribution in [0.3, 0.4) is 0 Å². The Labute approximate surface area is 763 Å². The normalized spacial score (nSPS) is 12.7. The highest BCUT2D eigenvalue weighted by Crippen LogP contribution is 2.60. The fourth-order valence-corrected chi connectivity index (χ4v) is 21.0. The minimum atomic E-state index is -0.901. The summed E-state index contributed by atoms with van der Waals surface area (Å²) < 4.78 is 25.3. The lowest BCUT2D eigenvalue weighted by Gasteiger charge is -2.49. The van der Waals surface area contributed by atoms with E-state index in [9.17, 15) is 15.6 Å². The summed E-state index contributed by atoms with van der Waals surface area (Å²) >= 11 is 0. The highest BCUT2D eigenvalue weighted by molar-refractivity contribution is 7.05. The standard InChI is InChI=1S/C120H79B3N4O4/c1-120(2,3)91-70-102-109-103(71-91)127(114-94(83-46-26-10-27-47-83)64-76(74-125)65-95(114)84-48-28-11-29-49-84)116-108(86-52-32-13-33-53-86)118-112-119(131-107-61-57-90(80-40-20-7-21-41-80)69-100(107)122(112)99-68-89(56-60-106(99)130-118)79-38-18-6-19-39-79)111(116)123(109)110-115(126(102)113-92(81-42-22-8-23-43-81)62-75(73-124)63-93(113)82-44-24-9-25-45-82)96(85-50-30-12-31-51-85)72-101-117(110)129-105-59-55-88(78-36-16-5-17-37-78)67-98(105)121(101)97-66-87(54-58-104(97)128)77-34-14-4-15-35-77/h4-72,128H,1-3H3. The van der Waals surface area contributed by atoms with Gasteiger partial charge in [0.15, 0.2) is 0 Å². The van der Waals surface area contributed by atoms with E-state index in [0.29, 0.717) is 51.1 Å². The summed E-state index contributed by atoms with van der Waals surface area (Å²) in [6.07, 6.45) is 0. The molecule has 11 heteroatoms. The fourth-order valence-electron chi connectivity index (χ4n) is 21.0. The average Bonchev–Trinajstić information content (AvgIpc) is 0.658. The van der Waals surface area contributed by atoms with Crippen LogP contribution in [-0.4, -0.2) is 25.2 Å². The van der Waals surface area contributed by atoms with Crippen molar-refractivity contribution in [2.45, 2.75) is 26.2 Å². The summed E-state index contributed by atoms with van der Waals surface area (Å²) in [5, 5.41) is 37.1. The van der Waals surface area contributed by atoms with Crippen LogP contribution in [0.1, 0.15) is 37.5 Å². The molecule has 0 saturated carbocycles. The monoisotopic (exact) mass is 1670 g/mol. The van der Waals surface area contributed by atoms with Crippen molar-refractivity contribution in [2.75, 3.05) is 9.80 Å². The van der Waals surface area contributed by atoms with Crippen LogP contribution >= 0.6 is 0 Å². The van der Waals surface area contributed by atoms with Crippen molar-refractivity contribution >= 4 is 103 Å². The molecule has 0 spiro atoms. The lowest BCUT2D eigenvalue weighted by molar-refractivity contribution is 0.468. The topological polar surface area (TPSA) is 102 Å². The van der Waals surface area contributed by atoms with E-state index in [4.69, 9.17) is 14.2 Å². The van der Waals surface area contributed by atoms with Gasteiger partial charge in [-0.25, -0.2) is 0 Å². The Morgan fingerprint density at radius 3 is 0.924 bits per heavy atom. The summed E-state index contributed by atoms with van der Waals surface area (Å²) in [4.78, 5) is 5.11. The molecular weight excluding hydrogens is 1590 g/mol. The highest BCUT2D eigenvalue weighted by atomic mass is 16.5. The van der Waals surface area contributed by atoms with Gasteiger partial charge in [-0.3, -0.25) is 0 Å². The van der Waals surface area contributed by atoms with Crippen LogP contribution in [0.25, 0.3) is 111 Å². The van der Waals surface area contributed by atoms with Gasteiger partial charge in [0.1, 0.15) is 40.2 Å². The molecule has 19 aromatic rings. The van der Waals surface area contributed by atoms with E-state index in [-0.39, 0.29) is 5.75 Å². The molecule has 0 bridgehead atoms. The third kappa shape index (κ3) is 12.9. The Kier molecular flexibility index (Phi) is 18.6. The predicted molar refractivity (Wildman–Crippen MR) is 540 cm³/mol. The van der Waals surface area contributed by atoms with E-state index in [0.717, 1.165) is 195 Å². The van der Waals surface area contributed by atoms with Gasteiger partial charge in [-0.1, -0.05) is 379 Å². The zero-order valence-electron chi connectivity index (χ0n) is 72.0. The number of aromatic hydroxyl groups is 1. The first-order valence-corrected chi connectivity index (χ1v) is 44.7. The van der Waals surface area contributed by atoms with Gasteiger partial charge < -0.3 is 29.1 Å². The first-order valence-electron chi connectivity index (χ1n) is 44.7. The van der Waals surface area contributed by atoms with Crippen molar-refractivity contribution in [3.63, 3.8) is 0 Å². The maximum atomic E-state index is 13.5. The maximum absolute atomic E-state index is 13.5. The Hall–Kier alpha value is -16.8. The van der Waals surface area contributed by atoms with E-state index in [1.54, 1.807) is 0 Å². The molecule has 0 amide bonds. The van der Waals surface area contributed by atoms with Crippen molar-refractivity contribution in [3.05, 3.63) is 435 Å². The molecule has 5 heterocycles. The number of anilines is 6. The quantitative estimate of drug-likeness (QED) is 0.114. The number of benzene rings is 19. The van der Waals surface area contributed by atoms with Crippen LogP contribution in [0, 0.1) is 22.7 Å². The Morgan fingerprint density at radius 2 is 0.557 bits per heavy atom. The zero-order valence-corrected chi connectivity index (χ0v) is 72.0. The van der Waals surface area contributed by atoms with Crippen LogP contribution in [-0.2, 0) is 5.41 Å². The molecule has 5 aliphatic rings. The van der Waals surface area contributed by atoms with Crippen LogP contribution in [0.4, 0.5) is 34.1 Å². The van der Waals surface area contributed by atoms with E-state index in [2.05, 4.69) is 443 Å². The molecule has 0 radical (unpaired) electrons. The first-order chi connectivity index (χ1) is 64.5. The third-order valence-corrected chi connectivity index (χ3v) is 26.9. The molecule has 24 rings (SSSR count). The van der Waals surface area contributed by atoms with E-state index in [1.807, 2.05) is 18.2 Å². The van der Waals surface area contributed by atoms with Crippen molar-refractivity contribution in [1.82, 2.24) is 0 Å². The summed E-state index contributed by atoms with van der Waals surface area (Å²) in [5.41, 5.74) is 32.5. The molecule has 8 nitrogen and oxygen atoms in total. The number of rotatable bonds is 13. The number of fused-ring (bicyclic) bond motifs is 12. The highest BCUT2D eigenvalue weighted by Gasteiger charge is 2.56. The number of phenolic OH excluding ortho intramolecular Hbond substituents is 1. The number of hydrogen-bond acceptors (Lipinski definition) is 8. The third-order valence-electron chi connectivity index (χ3n) is 26.9. The molecule has 0 aliphatic carbocycles. The Balaban J connectivity index is 0.954. The summed E-state index contributed by atoms with van der Waals surface area (Å²) in [5.74, 6) is 3.95.